The fraction of sp³-hybridized carbons (Fsp3) is 0.389. The van der Waals surface area contributed by atoms with Crippen LogP contribution in [0.4, 0.5) is 0 Å². The van der Waals surface area contributed by atoms with Crippen LogP contribution in [-0.4, -0.2) is 12.9 Å². The van der Waals surface area contributed by atoms with Crippen LogP contribution in [0, 0.1) is 6.92 Å². The van der Waals surface area contributed by atoms with Crippen molar-refractivity contribution >= 4 is 17.1 Å². The molecule has 21 heavy (non-hydrogen) atoms. The first-order valence-electron chi connectivity index (χ1n) is 7.41. The SMILES string of the molecule is COc1ccc(C)cc1CC(=O)C1CCCc2sccc21. The molecule has 0 spiro atoms. The molecule has 0 N–H and O–H groups in total. The summed E-state index contributed by atoms with van der Waals surface area (Å²) in [6.45, 7) is 2.05. The van der Waals surface area contributed by atoms with Crippen LogP contribution in [0.3, 0.4) is 0 Å². The van der Waals surface area contributed by atoms with E-state index in [4.69, 9.17) is 4.74 Å². The summed E-state index contributed by atoms with van der Waals surface area (Å²) >= 11 is 1.79. The molecule has 1 heterocycles. The van der Waals surface area contributed by atoms with Crippen LogP contribution >= 0.6 is 11.3 Å². The largest absolute Gasteiger partial charge is 0.496 e. The highest BCUT2D eigenvalue weighted by molar-refractivity contribution is 7.10. The van der Waals surface area contributed by atoms with Crippen molar-refractivity contribution in [3.05, 3.63) is 51.2 Å². The van der Waals surface area contributed by atoms with Gasteiger partial charge in [-0.3, -0.25) is 4.79 Å². The molecule has 1 atom stereocenters. The van der Waals surface area contributed by atoms with Gasteiger partial charge in [-0.2, -0.15) is 0 Å². The fourth-order valence-electron chi connectivity index (χ4n) is 3.18. The summed E-state index contributed by atoms with van der Waals surface area (Å²) in [6, 6.07) is 8.17. The number of thiophene rings is 1. The molecule has 1 aliphatic carbocycles. The molecule has 1 aromatic carbocycles. The zero-order valence-corrected chi connectivity index (χ0v) is 13.3. The Morgan fingerprint density at radius 1 is 1.38 bits per heavy atom. The maximum Gasteiger partial charge on any atom is 0.144 e. The molecule has 1 aromatic heterocycles. The monoisotopic (exact) mass is 300 g/mol. The third kappa shape index (κ3) is 2.88. The van der Waals surface area contributed by atoms with Crippen LogP contribution in [0.5, 0.6) is 5.75 Å². The molecule has 0 saturated heterocycles. The van der Waals surface area contributed by atoms with Crippen LogP contribution in [0.2, 0.25) is 0 Å². The van der Waals surface area contributed by atoms with E-state index in [0.717, 1.165) is 30.6 Å². The van der Waals surface area contributed by atoms with Crippen molar-refractivity contribution in [2.45, 2.75) is 38.5 Å². The smallest absolute Gasteiger partial charge is 0.144 e. The van der Waals surface area contributed by atoms with E-state index in [1.165, 1.54) is 16.0 Å². The van der Waals surface area contributed by atoms with Gasteiger partial charge >= 0.3 is 0 Å². The van der Waals surface area contributed by atoms with Crippen LogP contribution in [0.15, 0.2) is 29.6 Å². The summed E-state index contributed by atoms with van der Waals surface area (Å²) in [6.07, 6.45) is 3.70. The maximum absolute atomic E-state index is 12.8. The van der Waals surface area contributed by atoms with Crippen molar-refractivity contribution in [3.8, 4) is 5.75 Å². The van der Waals surface area contributed by atoms with Crippen molar-refractivity contribution in [2.24, 2.45) is 0 Å². The van der Waals surface area contributed by atoms with E-state index in [0.29, 0.717) is 12.2 Å². The summed E-state index contributed by atoms with van der Waals surface area (Å²) in [5, 5.41) is 2.11. The summed E-state index contributed by atoms with van der Waals surface area (Å²) in [7, 11) is 1.66. The Labute approximate surface area is 129 Å². The zero-order valence-electron chi connectivity index (χ0n) is 12.5. The van der Waals surface area contributed by atoms with Crippen molar-refractivity contribution in [2.75, 3.05) is 7.11 Å². The molecule has 2 aromatic rings. The van der Waals surface area contributed by atoms with Gasteiger partial charge in [0.25, 0.3) is 0 Å². The van der Waals surface area contributed by atoms with E-state index in [-0.39, 0.29) is 5.92 Å². The third-order valence-electron chi connectivity index (χ3n) is 4.24. The number of benzene rings is 1. The predicted molar refractivity (Wildman–Crippen MR) is 86.4 cm³/mol. The molecule has 0 amide bonds. The van der Waals surface area contributed by atoms with Crippen molar-refractivity contribution in [1.82, 2.24) is 0 Å². The number of carbonyl (C=O) groups excluding carboxylic acids is 1. The van der Waals surface area contributed by atoms with Crippen LogP contribution in [0.25, 0.3) is 0 Å². The normalized spacial score (nSPS) is 17.3. The van der Waals surface area contributed by atoms with Gasteiger partial charge in [0.2, 0.25) is 0 Å². The first-order valence-corrected chi connectivity index (χ1v) is 8.29. The Balaban J connectivity index is 1.84. The lowest BCUT2D eigenvalue weighted by Crippen LogP contribution is -2.19. The summed E-state index contributed by atoms with van der Waals surface area (Å²) in [4.78, 5) is 14.2. The lowest BCUT2D eigenvalue weighted by atomic mass is 9.83. The molecule has 2 nitrogen and oxygen atoms in total. The number of fused-ring (bicyclic) bond motifs is 1. The van der Waals surface area contributed by atoms with E-state index in [1.54, 1.807) is 18.4 Å². The minimum Gasteiger partial charge on any atom is -0.496 e. The summed E-state index contributed by atoms with van der Waals surface area (Å²) < 4.78 is 5.39. The van der Waals surface area contributed by atoms with Crippen LogP contribution < -0.4 is 4.74 Å². The number of hydrogen-bond acceptors (Lipinski definition) is 3. The second kappa shape index (κ2) is 6.02. The number of rotatable bonds is 4. The topological polar surface area (TPSA) is 26.3 Å². The number of ether oxygens (including phenoxy) is 1. The Hall–Kier alpha value is -1.61. The quantitative estimate of drug-likeness (QED) is 0.841. The molecule has 0 fully saturated rings. The number of Topliss-reactive ketones (excluding diaryl/α,β-unsaturated/α-hetero) is 1. The highest BCUT2D eigenvalue weighted by Gasteiger charge is 2.27. The molecule has 0 bridgehead atoms. The molecule has 1 unspecified atom stereocenters. The number of methoxy groups -OCH3 is 1. The van der Waals surface area contributed by atoms with E-state index in [2.05, 4.69) is 17.5 Å². The van der Waals surface area contributed by atoms with Gasteiger partial charge in [0.1, 0.15) is 11.5 Å². The zero-order chi connectivity index (χ0) is 14.8. The fourth-order valence-corrected chi connectivity index (χ4v) is 4.16. The maximum atomic E-state index is 12.8. The van der Waals surface area contributed by atoms with E-state index in [9.17, 15) is 4.79 Å². The van der Waals surface area contributed by atoms with Gasteiger partial charge in [0, 0.05) is 22.8 Å². The molecule has 110 valence electrons. The predicted octanol–water partition coefficient (Wildman–Crippen LogP) is 4.30. The molecule has 3 heteroatoms. The molecule has 0 radical (unpaired) electrons. The molecule has 0 saturated carbocycles. The Morgan fingerprint density at radius 2 is 2.24 bits per heavy atom. The van der Waals surface area contributed by atoms with Crippen molar-refractivity contribution < 1.29 is 9.53 Å². The number of hydrogen-bond donors (Lipinski definition) is 0. The average molecular weight is 300 g/mol. The molecule has 0 aliphatic heterocycles. The highest BCUT2D eigenvalue weighted by Crippen LogP contribution is 2.36. The number of aryl methyl sites for hydroxylation is 2. The van der Waals surface area contributed by atoms with E-state index in [1.807, 2.05) is 19.1 Å². The molecular weight excluding hydrogens is 280 g/mol. The van der Waals surface area contributed by atoms with Crippen molar-refractivity contribution in [3.63, 3.8) is 0 Å². The van der Waals surface area contributed by atoms with Gasteiger partial charge in [-0.1, -0.05) is 17.7 Å². The second-order valence-electron chi connectivity index (χ2n) is 5.70. The number of ketones is 1. The molecular formula is C18H20O2S. The van der Waals surface area contributed by atoms with Gasteiger partial charge in [-0.05, 0) is 49.3 Å². The van der Waals surface area contributed by atoms with Gasteiger partial charge in [-0.15, -0.1) is 11.3 Å². The van der Waals surface area contributed by atoms with Gasteiger partial charge in [0.15, 0.2) is 0 Å². The van der Waals surface area contributed by atoms with Gasteiger partial charge in [0.05, 0.1) is 7.11 Å². The Morgan fingerprint density at radius 3 is 3.05 bits per heavy atom. The van der Waals surface area contributed by atoms with Crippen LogP contribution in [0.1, 0.15) is 40.3 Å². The van der Waals surface area contributed by atoms with E-state index < -0.39 is 0 Å². The van der Waals surface area contributed by atoms with Crippen molar-refractivity contribution in [1.29, 1.82) is 0 Å². The average Bonchev–Trinajstić information content (AvgIpc) is 2.95. The highest BCUT2D eigenvalue weighted by atomic mass is 32.1. The second-order valence-corrected chi connectivity index (χ2v) is 6.70. The summed E-state index contributed by atoms with van der Waals surface area (Å²) in [5.74, 6) is 1.21. The van der Waals surface area contributed by atoms with E-state index >= 15 is 0 Å². The standard InChI is InChI=1S/C18H20O2S/c1-12-6-7-17(20-2)13(10-12)11-16(19)14-4-3-5-18-15(14)8-9-21-18/h6-10,14H,3-5,11H2,1-2H3. The minimum atomic E-state index is 0.0743. The minimum absolute atomic E-state index is 0.0743. The lowest BCUT2D eigenvalue weighted by molar-refractivity contribution is -0.120. The molecule has 1 aliphatic rings. The number of carbonyl (C=O) groups is 1. The Bertz CT molecular complexity index is 657. The first-order chi connectivity index (χ1) is 10.2. The first kappa shape index (κ1) is 14.3. The van der Waals surface area contributed by atoms with Gasteiger partial charge < -0.3 is 4.74 Å². The van der Waals surface area contributed by atoms with Crippen LogP contribution in [-0.2, 0) is 17.6 Å². The Kier molecular flexibility index (Phi) is 4.11. The summed E-state index contributed by atoms with van der Waals surface area (Å²) in [5.41, 5.74) is 3.44. The van der Waals surface area contributed by atoms with Gasteiger partial charge in [-0.25, -0.2) is 0 Å². The molecule has 3 rings (SSSR count). The third-order valence-corrected chi connectivity index (χ3v) is 5.24. The lowest BCUT2D eigenvalue weighted by Gasteiger charge is -2.22.